The second-order valence-corrected chi connectivity index (χ2v) is 10.5. The minimum absolute atomic E-state index is 0.0483. The average Bonchev–Trinajstić information content (AvgIpc) is 2.96. The highest BCUT2D eigenvalue weighted by Crippen LogP contribution is 2.46. The summed E-state index contributed by atoms with van der Waals surface area (Å²) in [5.74, 6) is -0.187. The summed E-state index contributed by atoms with van der Waals surface area (Å²) in [7, 11) is 0. The van der Waals surface area contributed by atoms with Crippen molar-refractivity contribution >= 4 is 17.8 Å². The van der Waals surface area contributed by atoms with Gasteiger partial charge in [-0.15, -0.1) is 0 Å². The number of hydrogen-bond acceptors (Lipinski definition) is 3. The summed E-state index contributed by atoms with van der Waals surface area (Å²) in [6.07, 6.45) is 2.22. The topological polar surface area (TPSA) is 69.7 Å². The summed E-state index contributed by atoms with van der Waals surface area (Å²) < 4.78 is 0. The lowest BCUT2D eigenvalue weighted by Gasteiger charge is -2.43. The first-order valence-corrected chi connectivity index (χ1v) is 11.7. The molecule has 1 aliphatic heterocycles. The molecule has 2 aliphatic rings. The molecule has 33 heavy (non-hydrogen) atoms. The van der Waals surface area contributed by atoms with Crippen molar-refractivity contribution in [2.45, 2.75) is 58.7 Å². The van der Waals surface area contributed by atoms with Crippen molar-refractivity contribution in [1.29, 1.82) is 0 Å². The molecule has 2 atom stereocenters. The van der Waals surface area contributed by atoms with Gasteiger partial charge in [0.1, 0.15) is 12.1 Å². The Bertz CT molecular complexity index is 980. The van der Waals surface area contributed by atoms with Crippen LogP contribution in [0, 0.1) is 11.3 Å². The molecule has 0 radical (unpaired) electrons. The molecule has 0 bridgehead atoms. The minimum atomic E-state index is -0.901. The highest BCUT2D eigenvalue weighted by Gasteiger charge is 2.56. The molecule has 2 aromatic rings. The lowest BCUT2D eigenvalue weighted by Crippen LogP contribution is -2.54. The van der Waals surface area contributed by atoms with Gasteiger partial charge in [-0.2, -0.15) is 0 Å². The molecule has 1 aliphatic carbocycles. The molecule has 1 N–H and O–H groups in total. The van der Waals surface area contributed by atoms with E-state index in [4.69, 9.17) is 0 Å². The van der Waals surface area contributed by atoms with E-state index < -0.39 is 11.6 Å². The van der Waals surface area contributed by atoms with Crippen LogP contribution in [-0.4, -0.2) is 39.7 Å². The van der Waals surface area contributed by atoms with Crippen molar-refractivity contribution in [1.82, 2.24) is 15.1 Å². The summed E-state index contributed by atoms with van der Waals surface area (Å²) in [4.78, 5) is 42.6. The number of urea groups is 1. The van der Waals surface area contributed by atoms with E-state index in [9.17, 15) is 14.4 Å². The number of nitrogens with one attached hydrogen (secondary N) is 1. The van der Waals surface area contributed by atoms with Gasteiger partial charge in [-0.05, 0) is 41.7 Å². The lowest BCUT2D eigenvalue weighted by molar-refractivity contribution is -0.141. The number of rotatable bonds is 6. The zero-order chi connectivity index (χ0) is 23.6. The Labute approximate surface area is 196 Å². The van der Waals surface area contributed by atoms with Crippen molar-refractivity contribution in [2.75, 3.05) is 6.54 Å². The molecule has 1 saturated carbocycles. The number of nitrogens with zero attached hydrogens (tertiary/aromatic N) is 2. The molecule has 1 heterocycles. The van der Waals surface area contributed by atoms with E-state index in [1.807, 2.05) is 60.7 Å². The largest absolute Gasteiger partial charge is 0.332 e. The molecular weight excluding hydrogens is 414 g/mol. The van der Waals surface area contributed by atoms with E-state index in [1.165, 1.54) is 0 Å². The second kappa shape index (κ2) is 9.00. The van der Waals surface area contributed by atoms with Gasteiger partial charge in [-0.25, -0.2) is 4.79 Å². The normalized spacial score (nSPS) is 24.1. The predicted molar refractivity (Wildman–Crippen MR) is 127 cm³/mol. The van der Waals surface area contributed by atoms with Gasteiger partial charge in [0.2, 0.25) is 5.91 Å². The monoisotopic (exact) mass is 447 g/mol. The number of carbonyl (C=O) groups is 3. The van der Waals surface area contributed by atoms with Crippen LogP contribution in [0.15, 0.2) is 60.7 Å². The SMILES string of the molecule is C[C@@H]1CC(C)(C)C[C@]2(C1)NC(=O)N(CC(=O)N(Cc1ccccc1)Cc1ccccc1)C2=O. The van der Waals surface area contributed by atoms with Crippen molar-refractivity contribution in [2.24, 2.45) is 11.3 Å². The van der Waals surface area contributed by atoms with Gasteiger partial charge in [0.15, 0.2) is 0 Å². The number of hydrogen-bond donors (Lipinski definition) is 1. The zero-order valence-electron chi connectivity index (χ0n) is 19.7. The number of imide groups is 1. The Balaban J connectivity index is 1.53. The Morgan fingerprint density at radius 3 is 2.03 bits per heavy atom. The number of benzene rings is 2. The van der Waals surface area contributed by atoms with E-state index in [0.717, 1.165) is 22.4 Å². The standard InChI is InChI=1S/C27H33N3O3/c1-20-14-26(2,3)19-27(15-20)24(32)30(25(33)28-27)18-23(31)29(16-21-10-6-4-7-11-21)17-22-12-8-5-9-13-22/h4-13,20H,14-19H2,1-3H3,(H,28,33)/t20-,27+/m1/s1. The third-order valence-electron chi connectivity index (χ3n) is 6.70. The van der Waals surface area contributed by atoms with Gasteiger partial charge in [0, 0.05) is 13.1 Å². The first-order chi connectivity index (χ1) is 15.7. The van der Waals surface area contributed by atoms with Crippen molar-refractivity contribution in [3.05, 3.63) is 71.8 Å². The second-order valence-electron chi connectivity index (χ2n) is 10.5. The van der Waals surface area contributed by atoms with Crippen LogP contribution in [0.25, 0.3) is 0 Å². The molecule has 1 spiro atoms. The molecule has 4 amide bonds. The van der Waals surface area contributed by atoms with E-state index in [2.05, 4.69) is 26.1 Å². The highest BCUT2D eigenvalue weighted by molar-refractivity contribution is 6.09. The van der Waals surface area contributed by atoms with Crippen LogP contribution in [0.3, 0.4) is 0 Å². The van der Waals surface area contributed by atoms with Gasteiger partial charge in [0.25, 0.3) is 5.91 Å². The molecule has 1 saturated heterocycles. The summed E-state index contributed by atoms with van der Waals surface area (Å²) in [6, 6.07) is 19.1. The zero-order valence-corrected chi connectivity index (χ0v) is 19.7. The minimum Gasteiger partial charge on any atom is -0.332 e. The van der Waals surface area contributed by atoms with Gasteiger partial charge in [-0.1, -0.05) is 81.4 Å². The number of carbonyl (C=O) groups excluding carboxylic acids is 3. The molecule has 174 valence electrons. The maximum atomic E-state index is 13.5. The first-order valence-electron chi connectivity index (χ1n) is 11.7. The van der Waals surface area contributed by atoms with Gasteiger partial charge >= 0.3 is 6.03 Å². The third-order valence-corrected chi connectivity index (χ3v) is 6.70. The van der Waals surface area contributed by atoms with Crippen LogP contribution < -0.4 is 5.32 Å². The first kappa shape index (κ1) is 23.0. The lowest BCUT2D eigenvalue weighted by atomic mass is 9.64. The van der Waals surface area contributed by atoms with E-state index in [0.29, 0.717) is 31.8 Å². The van der Waals surface area contributed by atoms with Gasteiger partial charge in [0.05, 0.1) is 0 Å². The smallest absolute Gasteiger partial charge is 0.325 e. The van der Waals surface area contributed by atoms with Crippen LogP contribution in [0.2, 0.25) is 0 Å². The van der Waals surface area contributed by atoms with E-state index in [-0.39, 0.29) is 23.8 Å². The summed E-state index contributed by atoms with van der Waals surface area (Å²) >= 11 is 0. The predicted octanol–water partition coefficient (Wildman–Crippen LogP) is 4.35. The Kier molecular flexibility index (Phi) is 6.28. The molecular formula is C27H33N3O3. The molecule has 0 unspecified atom stereocenters. The van der Waals surface area contributed by atoms with Crippen LogP contribution in [0.4, 0.5) is 4.79 Å². The van der Waals surface area contributed by atoms with E-state index >= 15 is 0 Å². The van der Waals surface area contributed by atoms with E-state index in [1.54, 1.807) is 4.90 Å². The number of amides is 4. The molecule has 6 heteroatoms. The van der Waals surface area contributed by atoms with Crippen molar-refractivity contribution in [3.8, 4) is 0 Å². The molecule has 2 aromatic carbocycles. The van der Waals surface area contributed by atoms with Gasteiger partial charge in [-0.3, -0.25) is 14.5 Å². The van der Waals surface area contributed by atoms with Crippen LogP contribution >= 0.6 is 0 Å². The summed E-state index contributed by atoms with van der Waals surface area (Å²) in [6.45, 7) is 6.97. The Morgan fingerprint density at radius 1 is 0.970 bits per heavy atom. The fraction of sp³-hybridized carbons (Fsp3) is 0.444. The fourth-order valence-corrected chi connectivity index (χ4v) is 5.72. The van der Waals surface area contributed by atoms with Gasteiger partial charge < -0.3 is 10.2 Å². The van der Waals surface area contributed by atoms with Crippen LogP contribution in [0.5, 0.6) is 0 Å². The maximum absolute atomic E-state index is 13.5. The molecule has 6 nitrogen and oxygen atoms in total. The van der Waals surface area contributed by atoms with Crippen molar-refractivity contribution < 1.29 is 14.4 Å². The van der Waals surface area contributed by atoms with Crippen LogP contribution in [0.1, 0.15) is 51.2 Å². The Hall–Kier alpha value is -3.15. The molecule has 2 fully saturated rings. The summed E-state index contributed by atoms with van der Waals surface area (Å²) in [5, 5.41) is 2.97. The highest BCUT2D eigenvalue weighted by atomic mass is 16.2. The maximum Gasteiger partial charge on any atom is 0.325 e. The molecule has 4 rings (SSSR count). The summed E-state index contributed by atoms with van der Waals surface area (Å²) in [5.41, 5.74) is 1.05. The average molecular weight is 448 g/mol. The quantitative estimate of drug-likeness (QED) is 0.669. The Morgan fingerprint density at radius 2 is 1.52 bits per heavy atom. The fourth-order valence-electron chi connectivity index (χ4n) is 5.72. The third kappa shape index (κ3) is 5.10. The molecule has 0 aromatic heterocycles. The van der Waals surface area contributed by atoms with Crippen LogP contribution in [-0.2, 0) is 22.7 Å². The van der Waals surface area contributed by atoms with Crippen molar-refractivity contribution in [3.63, 3.8) is 0 Å².